The molecule has 5 rings (SSSR count). The molecule has 156 valence electrons. The van der Waals surface area contributed by atoms with E-state index in [-0.39, 0.29) is 17.9 Å². The van der Waals surface area contributed by atoms with Gasteiger partial charge in [0.05, 0.1) is 25.0 Å². The van der Waals surface area contributed by atoms with Gasteiger partial charge in [0.2, 0.25) is 5.88 Å². The minimum absolute atomic E-state index is 0.0179. The molecule has 1 saturated heterocycles. The second-order valence-electron chi connectivity index (χ2n) is 8.33. The second kappa shape index (κ2) is 7.31. The Kier molecular flexibility index (Phi) is 4.60. The Balaban J connectivity index is 1.33. The van der Waals surface area contributed by atoms with Crippen LogP contribution < -0.4 is 9.64 Å². The highest BCUT2D eigenvalue weighted by Gasteiger charge is 2.37. The number of nitrogens with zero attached hydrogens (tertiary/aromatic N) is 4. The van der Waals surface area contributed by atoms with E-state index in [2.05, 4.69) is 15.7 Å². The van der Waals surface area contributed by atoms with E-state index >= 15 is 0 Å². The number of ether oxygens (including phenoxy) is 1. The largest absolute Gasteiger partial charge is 0.481 e. The number of rotatable bonds is 5. The summed E-state index contributed by atoms with van der Waals surface area (Å²) in [6, 6.07) is 8.79. The molecule has 1 aliphatic carbocycles. The lowest BCUT2D eigenvalue weighted by molar-refractivity contribution is 0.132. The van der Waals surface area contributed by atoms with Gasteiger partial charge in [-0.25, -0.2) is 14.2 Å². The van der Waals surface area contributed by atoms with Gasteiger partial charge < -0.3 is 14.2 Å². The first kappa shape index (κ1) is 18.9. The first-order valence-electron chi connectivity index (χ1n) is 10.4. The number of fused-ring (bicyclic) bond motifs is 1. The van der Waals surface area contributed by atoms with E-state index in [1.165, 1.54) is 18.9 Å². The Morgan fingerprint density at radius 2 is 2.07 bits per heavy atom. The third-order valence-electron chi connectivity index (χ3n) is 6.13. The van der Waals surface area contributed by atoms with E-state index in [1.54, 1.807) is 25.4 Å². The van der Waals surface area contributed by atoms with Crippen LogP contribution in [0, 0.1) is 18.7 Å². The van der Waals surface area contributed by atoms with Crippen molar-refractivity contribution in [3.63, 3.8) is 0 Å². The Labute approximate surface area is 174 Å². The van der Waals surface area contributed by atoms with Crippen LogP contribution in [-0.2, 0) is 0 Å². The average Bonchev–Trinajstić information content (AvgIpc) is 3.49. The summed E-state index contributed by atoms with van der Waals surface area (Å²) < 4.78 is 20.9. The number of halogens is 1. The van der Waals surface area contributed by atoms with Crippen molar-refractivity contribution in [1.82, 2.24) is 14.5 Å². The molecule has 7 heteroatoms. The molecule has 3 aromatic rings. The van der Waals surface area contributed by atoms with Crippen molar-refractivity contribution < 1.29 is 13.9 Å². The van der Waals surface area contributed by atoms with Crippen molar-refractivity contribution >= 4 is 22.6 Å². The predicted molar refractivity (Wildman–Crippen MR) is 113 cm³/mol. The lowest BCUT2D eigenvalue weighted by Gasteiger charge is -2.42. The highest BCUT2D eigenvalue weighted by Crippen LogP contribution is 2.34. The van der Waals surface area contributed by atoms with Crippen LogP contribution in [0.25, 0.3) is 10.9 Å². The van der Waals surface area contributed by atoms with Gasteiger partial charge >= 0.3 is 6.03 Å². The molecule has 2 amide bonds. The Morgan fingerprint density at radius 3 is 2.73 bits per heavy atom. The first-order chi connectivity index (χ1) is 14.5. The number of pyridine rings is 1. The number of benzene rings is 1. The zero-order chi connectivity index (χ0) is 20.8. The average molecular weight is 408 g/mol. The van der Waals surface area contributed by atoms with Gasteiger partial charge in [-0.1, -0.05) is 0 Å². The van der Waals surface area contributed by atoms with Crippen LogP contribution >= 0.6 is 0 Å². The fourth-order valence-corrected chi connectivity index (χ4v) is 4.16. The highest BCUT2D eigenvalue weighted by atomic mass is 19.1. The van der Waals surface area contributed by atoms with Gasteiger partial charge in [-0.15, -0.1) is 0 Å². The Morgan fingerprint density at radius 1 is 1.27 bits per heavy atom. The molecule has 3 heterocycles. The zero-order valence-corrected chi connectivity index (χ0v) is 17.2. The van der Waals surface area contributed by atoms with Crippen molar-refractivity contribution in [2.75, 3.05) is 31.6 Å². The summed E-state index contributed by atoms with van der Waals surface area (Å²) in [7, 11) is 1.58. The molecule has 1 aromatic carbocycles. The van der Waals surface area contributed by atoms with Crippen LogP contribution in [0.2, 0.25) is 0 Å². The number of aromatic nitrogens is 2. The number of carbonyl (C=O) groups excluding carboxylic acids is 1. The maximum atomic E-state index is 13.6. The number of methoxy groups -OCH3 is 1. The fourth-order valence-electron chi connectivity index (χ4n) is 4.16. The van der Waals surface area contributed by atoms with Crippen LogP contribution in [-0.4, -0.2) is 47.2 Å². The molecule has 0 spiro atoms. The predicted octanol–water partition coefficient (Wildman–Crippen LogP) is 4.39. The summed E-state index contributed by atoms with van der Waals surface area (Å²) in [5.41, 5.74) is 2.86. The highest BCUT2D eigenvalue weighted by molar-refractivity contribution is 5.92. The van der Waals surface area contributed by atoms with Gasteiger partial charge in [-0.3, -0.25) is 4.90 Å². The van der Waals surface area contributed by atoms with E-state index in [9.17, 15) is 9.18 Å². The number of hydrogen-bond donors (Lipinski definition) is 0. The normalized spacial score (nSPS) is 16.6. The molecule has 1 saturated carbocycles. The standard InChI is InChI=1S/C23H25FN4O2/c1-15-11-27(21-7-5-17(24)9-20(15)21)19-13-26(14-19)23(29)28(12-16-3-4-16)18-6-8-22(30-2)25-10-18/h5-11,16,19H,3-4,12-14H2,1-2H3. The summed E-state index contributed by atoms with van der Waals surface area (Å²) in [4.78, 5) is 21.3. The Hall–Kier alpha value is -3.09. The smallest absolute Gasteiger partial charge is 0.324 e. The molecular formula is C23H25FN4O2. The van der Waals surface area contributed by atoms with Crippen molar-refractivity contribution in [3.8, 4) is 5.88 Å². The fraction of sp³-hybridized carbons (Fsp3) is 0.391. The third kappa shape index (κ3) is 3.38. The molecule has 0 unspecified atom stereocenters. The third-order valence-corrected chi connectivity index (χ3v) is 6.13. The molecule has 6 nitrogen and oxygen atoms in total. The van der Waals surface area contributed by atoms with Crippen LogP contribution in [0.1, 0.15) is 24.4 Å². The van der Waals surface area contributed by atoms with Crippen molar-refractivity contribution in [3.05, 3.63) is 54.1 Å². The van der Waals surface area contributed by atoms with E-state index in [1.807, 2.05) is 28.9 Å². The molecule has 0 N–H and O–H groups in total. The number of likely N-dealkylation sites (tertiary alicyclic amines) is 1. The van der Waals surface area contributed by atoms with Gasteiger partial charge in [-0.05, 0) is 55.5 Å². The minimum atomic E-state index is -0.224. The number of hydrogen-bond acceptors (Lipinski definition) is 3. The lowest BCUT2D eigenvalue weighted by Crippen LogP contribution is -2.55. The number of urea groups is 1. The van der Waals surface area contributed by atoms with Crippen LogP contribution in [0.4, 0.5) is 14.9 Å². The zero-order valence-electron chi connectivity index (χ0n) is 17.2. The molecule has 0 radical (unpaired) electrons. The molecule has 2 aliphatic rings. The van der Waals surface area contributed by atoms with Gasteiger partial charge in [0.1, 0.15) is 5.82 Å². The number of anilines is 1. The maximum Gasteiger partial charge on any atom is 0.324 e. The van der Waals surface area contributed by atoms with Crippen molar-refractivity contribution in [2.24, 2.45) is 5.92 Å². The van der Waals surface area contributed by atoms with Gasteiger partial charge in [0.15, 0.2) is 0 Å². The number of carbonyl (C=O) groups is 1. The number of amides is 2. The van der Waals surface area contributed by atoms with E-state index in [0.717, 1.165) is 28.7 Å². The molecule has 2 fully saturated rings. The second-order valence-corrected chi connectivity index (χ2v) is 8.33. The summed E-state index contributed by atoms with van der Waals surface area (Å²) >= 11 is 0. The van der Waals surface area contributed by atoms with Crippen LogP contribution in [0.5, 0.6) is 5.88 Å². The summed E-state index contributed by atoms with van der Waals surface area (Å²) in [6.45, 7) is 4.00. The van der Waals surface area contributed by atoms with Gasteiger partial charge in [-0.2, -0.15) is 0 Å². The molecule has 1 aliphatic heterocycles. The van der Waals surface area contributed by atoms with E-state index in [0.29, 0.717) is 24.9 Å². The summed E-state index contributed by atoms with van der Waals surface area (Å²) in [5.74, 6) is 0.879. The molecule has 0 bridgehead atoms. The monoisotopic (exact) mass is 408 g/mol. The molecule has 30 heavy (non-hydrogen) atoms. The maximum absolute atomic E-state index is 13.6. The lowest BCUT2D eigenvalue weighted by atomic mass is 10.1. The summed E-state index contributed by atoms with van der Waals surface area (Å²) in [6.07, 6.45) is 6.10. The van der Waals surface area contributed by atoms with Crippen LogP contribution in [0.3, 0.4) is 0 Å². The van der Waals surface area contributed by atoms with E-state index in [4.69, 9.17) is 4.74 Å². The SMILES string of the molecule is COc1ccc(N(CC2CC2)C(=O)N2CC(n3cc(C)c4cc(F)ccc43)C2)cn1. The molecule has 2 aromatic heterocycles. The quantitative estimate of drug-likeness (QED) is 0.629. The molecule has 0 atom stereocenters. The Bertz CT molecular complexity index is 1080. The molecular weight excluding hydrogens is 383 g/mol. The van der Waals surface area contributed by atoms with E-state index < -0.39 is 0 Å². The first-order valence-corrected chi connectivity index (χ1v) is 10.4. The summed E-state index contributed by atoms with van der Waals surface area (Å²) in [5, 5.41) is 0.930. The van der Waals surface area contributed by atoms with Crippen LogP contribution in [0.15, 0.2) is 42.7 Å². The van der Waals surface area contributed by atoms with Crippen molar-refractivity contribution in [1.29, 1.82) is 0 Å². The topological polar surface area (TPSA) is 50.6 Å². The van der Waals surface area contributed by atoms with Gasteiger partial charge in [0, 0.05) is 42.8 Å². The van der Waals surface area contributed by atoms with Gasteiger partial charge in [0.25, 0.3) is 0 Å². The van der Waals surface area contributed by atoms with Crippen molar-refractivity contribution in [2.45, 2.75) is 25.8 Å². The minimum Gasteiger partial charge on any atom is -0.481 e. The number of aryl methyl sites for hydroxylation is 1.